The van der Waals surface area contributed by atoms with Crippen molar-refractivity contribution in [3.63, 3.8) is 0 Å². The van der Waals surface area contributed by atoms with E-state index in [0.29, 0.717) is 5.91 Å². The van der Waals surface area contributed by atoms with Crippen LogP contribution in [0.2, 0.25) is 0 Å². The van der Waals surface area contributed by atoms with Crippen molar-refractivity contribution < 1.29 is 4.79 Å². The lowest BCUT2D eigenvalue weighted by Crippen LogP contribution is -2.47. The van der Waals surface area contributed by atoms with Crippen LogP contribution in [0, 0.1) is 5.92 Å². The van der Waals surface area contributed by atoms with E-state index >= 15 is 0 Å². The summed E-state index contributed by atoms with van der Waals surface area (Å²) in [5.74, 6) is 1.08. The number of hydrogen-bond acceptors (Lipinski definition) is 5. The van der Waals surface area contributed by atoms with Crippen molar-refractivity contribution in [1.82, 2.24) is 14.9 Å². The van der Waals surface area contributed by atoms with Crippen molar-refractivity contribution >= 4 is 23.2 Å². The quantitative estimate of drug-likeness (QED) is 0.842. The highest BCUT2D eigenvalue weighted by molar-refractivity contribution is 7.10. The third-order valence-corrected chi connectivity index (χ3v) is 6.16. The van der Waals surface area contributed by atoms with Crippen LogP contribution in [-0.2, 0) is 11.2 Å². The van der Waals surface area contributed by atoms with Crippen molar-refractivity contribution in [1.29, 1.82) is 0 Å². The molecular weight excluding hydrogens is 320 g/mol. The first-order chi connectivity index (χ1) is 11.7. The van der Waals surface area contributed by atoms with E-state index in [1.54, 1.807) is 12.4 Å². The molecule has 0 aromatic carbocycles. The zero-order valence-corrected chi connectivity index (χ0v) is 14.7. The molecule has 2 aliphatic heterocycles. The van der Waals surface area contributed by atoms with Crippen molar-refractivity contribution in [3.8, 4) is 0 Å². The molecule has 0 radical (unpaired) electrons. The Balaban J connectivity index is 1.48. The number of rotatable bonds is 2. The van der Waals surface area contributed by atoms with E-state index in [9.17, 15) is 4.79 Å². The van der Waals surface area contributed by atoms with Crippen LogP contribution in [0.5, 0.6) is 0 Å². The molecule has 1 saturated heterocycles. The van der Waals surface area contributed by atoms with Crippen LogP contribution in [0.4, 0.5) is 5.95 Å². The highest BCUT2D eigenvalue weighted by atomic mass is 32.1. The fraction of sp³-hybridized carbons (Fsp3) is 0.500. The number of piperidine rings is 1. The lowest BCUT2D eigenvalue weighted by Gasteiger charge is -2.39. The number of hydrogen-bond donors (Lipinski definition) is 0. The molecule has 4 rings (SSSR count). The van der Waals surface area contributed by atoms with E-state index in [1.807, 2.05) is 17.4 Å². The lowest BCUT2D eigenvalue weighted by molar-refractivity contribution is -0.138. The molecule has 4 heterocycles. The summed E-state index contributed by atoms with van der Waals surface area (Å²) in [6.45, 7) is 4.65. The predicted molar refractivity (Wildman–Crippen MR) is 95.1 cm³/mol. The number of aromatic nitrogens is 2. The average molecular weight is 342 g/mol. The van der Waals surface area contributed by atoms with E-state index < -0.39 is 0 Å². The molecule has 126 valence electrons. The number of fused-ring (bicyclic) bond motifs is 1. The Labute approximate surface area is 146 Å². The second kappa shape index (κ2) is 6.51. The highest BCUT2D eigenvalue weighted by Crippen LogP contribution is 2.34. The second-order valence-corrected chi connectivity index (χ2v) is 7.59. The van der Waals surface area contributed by atoms with Crippen LogP contribution in [0.25, 0.3) is 0 Å². The minimum Gasteiger partial charge on any atom is -0.340 e. The molecule has 2 aromatic rings. The van der Waals surface area contributed by atoms with Gasteiger partial charge in [-0.3, -0.25) is 4.79 Å². The predicted octanol–water partition coefficient (Wildman–Crippen LogP) is 2.90. The van der Waals surface area contributed by atoms with Gasteiger partial charge >= 0.3 is 0 Å². The minimum absolute atomic E-state index is 0.0465. The van der Waals surface area contributed by atoms with Gasteiger partial charge in [0.25, 0.3) is 0 Å². The molecule has 0 spiro atoms. The molecule has 2 aromatic heterocycles. The van der Waals surface area contributed by atoms with Crippen molar-refractivity contribution in [2.75, 3.05) is 24.5 Å². The van der Waals surface area contributed by atoms with Gasteiger partial charge in [-0.1, -0.05) is 0 Å². The fourth-order valence-electron chi connectivity index (χ4n) is 3.86. The van der Waals surface area contributed by atoms with Gasteiger partial charge in [0.05, 0.1) is 12.0 Å². The molecule has 5 nitrogen and oxygen atoms in total. The lowest BCUT2D eigenvalue weighted by atomic mass is 9.93. The molecule has 6 heteroatoms. The Hall–Kier alpha value is -1.95. The van der Waals surface area contributed by atoms with Gasteiger partial charge in [-0.25, -0.2) is 9.97 Å². The Kier molecular flexibility index (Phi) is 4.22. The molecule has 1 amide bonds. The summed E-state index contributed by atoms with van der Waals surface area (Å²) >= 11 is 1.81. The van der Waals surface area contributed by atoms with E-state index in [4.69, 9.17) is 0 Å². The number of nitrogens with zero attached hydrogens (tertiary/aromatic N) is 4. The van der Waals surface area contributed by atoms with Crippen LogP contribution < -0.4 is 4.90 Å². The largest absolute Gasteiger partial charge is 0.340 e. The van der Waals surface area contributed by atoms with E-state index in [1.165, 1.54) is 10.4 Å². The Morgan fingerprint density at radius 1 is 1.29 bits per heavy atom. The number of thiophene rings is 1. The average Bonchev–Trinajstić information content (AvgIpc) is 3.12. The van der Waals surface area contributed by atoms with Crippen molar-refractivity contribution in [2.45, 2.75) is 32.2 Å². The van der Waals surface area contributed by atoms with Gasteiger partial charge in [0.1, 0.15) is 0 Å². The Morgan fingerprint density at radius 2 is 2.12 bits per heavy atom. The van der Waals surface area contributed by atoms with Gasteiger partial charge in [-0.05, 0) is 49.3 Å². The zero-order chi connectivity index (χ0) is 16.5. The molecule has 0 aliphatic carbocycles. The highest BCUT2D eigenvalue weighted by Gasteiger charge is 2.35. The summed E-state index contributed by atoms with van der Waals surface area (Å²) in [5, 5.41) is 2.14. The summed E-state index contributed by atoms with van der Waals surface area (Å²) < 4.78 is 0. The van der Waals surface area contributed by atoms with Gasteiger partial charge < -0.3 is 9.80 Å². The smallest absolute Gasteiger partial charge is 0.227 e. The first-order valence-electron chi connectivity index (χ1n) is 8.63. The third-order valence-electron chi connectivity index (χ3n) is 5.17. The summed E-state index contributed by atoms with van der Waals surface area (Å²) in [6, 6.07) is 4.19. The topological polar surface area (TPSA) is 49.3 Å². The molecule has 0 bridgehead atoms. The summed E-state index contributed by atoms with van der Waals surface area (Å²) in [4.78, 5) is 27.5. The Bertz CT molecular complexity index is 717. The summed E-state index contributed by atoms with van der Waals surface area (Å²) in [5.41, 5.74) is 1.33. The maximum Gasteiger partial charge on any atom is 0.227 e. The van der Waals surface area contributed by atoms with Gasteiger partial charge in [0.2, 0.25) is 11.9 Å². The molecule has 1 fully saturated rings. The monoisotopic (exact) mass is 342 g/mol. The maximum atomic E-state index is 13.1. The van der Waals surface area contributed by atoms with Crippen LogP contribution >= 0.6 is 11.3 Å². The Morgan fingerprint density at radius 3 is 2.96 bits per heavy atom. The van der Waals surface area contributed by atoms with Crippen LogP contribution in [0.15, 0.2) is 29.9 Å². The van der Waals surface area contributed by atoms with Gasteiger partial charge in [-0.15, -0.1) is 11.3 Å². The number of anilines is 1. The summed E-state index contributed by atoms with van der Waals surface area (Å²) in [7, 11) is 0. The van der Waals surface area contributed by atoms with Crippen molar-refractivity contribution in [2.24, 2.45) is 5.92 Å². The molecular formula is C18H22N4OS. The van der Waals surface area contributed by atoms with Crippen LogP contribution in [0.3, 0.4) is 0 Å². The minimum atomic E-state index is 0.0465. The second-order valence-electron chi connectivity index (χ2n) is 6.59. The fourth-order valence-corrected chi connectivity index (χ4v) is 4.82. The molecule has 0 saturated carbocycles. The SMILES string of the molecule is CC1c2ccsc2CCN1C(=O)C1CCCN(c2ncccn2)C1. The first-order valence-corrected chi connectivity index (χ1v) is 9.50. The van der Waals surface area contributed by atoms with Gasteiger partial charge in [0, 0.05) is 36.9 Å². The number of amides is 1. The van der Waals surface area contributed by atoms with E-state index in [2.05, 4.69) is 38.1 Å². The number of carbonyl (C=O) groups excluding carboxylic acids is 1. The summed E-state index contributed by atoms with van der Waals surface area (Å²) in [6.07, 6.45) is 6.49. The molecule has 2 atom stereocenters. The third kappa shape index (κ3) is 2.79. The zero-order valence-electron chi connectivity index (χ0n) is 13.9. The van der Waals surface area contributed by atoms with E-state index in [0.717, 1.165) is 44.8 Å². The van der Waals surface area contributed by atoms with Crippen LogP contribution in [0.1, 0.15) is 36.2 Å². The molecule has 24 heavy (non-hydrogen) atoms. The normalized spacial score (nSPS) is 23.9. The van der Waals surface area contributed by atoms with Gasteiger partial charge in [-0.2, -0.15) is 0 Å². The maximum absolute atomic E-state index is 13.1. The standard InChI is InChI=1S/C18H22N4OS/c1-13-15-6-11-24-16(15)5-10-22(13)17(23)14-4-2-9-21(12-14)18-19-7-3-8-20-18/h3,6-8,11,13-14H,2,4-5,9-10,12H2,1H3. The molecule has 2 aliphatic rings. The molecule has 0 N–H and O–H groups in total. The van der Waals surface area contributed by atoms with Crippen LogP contribution in [-0.4, -0.2) is 40.4 Å². The first kappa shape index (κ1) is 15.6. The van der Waals surface area contributed by atoms with Crippen molar-refractivity contribution in [3.05, 3.63) is 40.3 Å². The van der Waals surface area contributed by atoms with E-state index in [-0.39, 0.29) is 12.0 Å². The molecule has 2 unspecified atom stereocenters. The number of carbonyl (C=O) groups is 1. The van der Waals surface area contributed by atoms with Gasteiger partial charge in [0.15, 0.2) is 0 Å².